The van der Waals surface area contributed by atoms with Gasteiger partial charge in [0.2, 0.25) is 0 Å². The molecule has 0 spiro atoms. The van der Waals surface area contributed by atoms with E-state index in [2.05, 4.69) is 30.9 Å². The molecule has 0 aromatic heterocycles. The van der Waals surface area contributed by atoms with E-state index in [-0.39, 0.29) is 0 Å². The summed E-state index contributed by atoms with van der Waals surface area (Å²) in [4.78, 5) is 2.67. The summed E-state index contributed by atoms with van der Waals surface area (Å²) in [7, 11) is 0. The Kier molecular flexibility index (Phi) is 4.65. The van der Waals surface area contributed by atoms with Crippen LogP contribution < -0.4 is 5.73 Å². The van der Waals surface area contributed by atoms with Gasteiger partial charge in [-0.05, 0) is 62.4 Å². The van der Waals surface area contributed by atoms with Crippen molar-refractivity contribution in [3.05, 3.63) is 29.8 Å². The molecule has 0 heterocycles. The smallest absolute Gasteiger partial charge is 0.0314 e. The van der Waals surface area contributed by atoms with E-state index in [1.54, 1.807) is 0 Å². The summed E-state index contributed by atoms with van der Waals surface area (Å²) < 4.78 is 0. The zero-order valence-electron chi connectivity index (χ0n) is 11.7. The van der Waals surface area contributed by atoms with Crippen LogP contribution in [0.2, 0.25) is 0 Å². The summed E-state index contributed by atoms with van der Waals surface area (Å²) in [5, 5.41) is 0. The Hall–Kier alpha value is -1.02. The Bertz CT molecular complexity index is 354. The normalized spacial score (nSPS) is 17.1. The molecular formula is C16H26N2. The van der Waals surface area contributed by atoms with E-state index < -0.39 is 0 Å². The molecule has 0 saturated heterocycles. The zero-order valence-corrected chi connectivity index (χ0v) is 11.7. The minimum Gasteiger partial charge on any atom is -0.399 e. The van der Waals surface area contributed by atoms with Crippen molar-refractivity contribution in [3.63, 3.8) is 0 Å². The van der Waals surface area contributed by atoms with Gasteiger partial charge in [0.1, 0.15) is 0 Å². The molecule has 2 nitrogen and oxygen atoms in total. The van der Waals surface area contributed by atoms with Crippen LogP contribution in [0.4, 0.5) is 5.69 Å². The monoisotopic (exact) mass is 246 g/mol. The Morgan fingerprint density at radius 1 is 1.22 bits per heavy atom. The summed E-state index contributed by atoms with van der Waals surface area (Å²) in [6.07, 6.45) is 5.35. The quantitative estimate of drug-likeness (QED) is 0.744. The van der Waals surface area contributed by atoms with Gasteiger partial charge in [-0.1, -0.05) is 26.0 Å². The first kappa shape index (κ1) is 13.4. The summed E-state index contributed by atoms with van der Waals surface area (Å²) >= 11 is 0. The van der Waals surface area contributed by atoms with Crippen LogP contribution >= 0.6 is 0 Å². The molecule has 1 aromatic rings. The van der Waals surface area contributed by atoms with E-state index in [0.717, 1.165) is 11.7 Å². The van der Waals surface area contributed by atoms with Gasteiger partial charge in [0.15, 0.2) is 0 Å². The molecule has 100 valence electrons. The van der Waals surface area contributed by atoms with Crippen LogP contribution in [0.15, 0.2) is 24.3 Å². The average molecular weight is 246 g/mol. The van der Waals surface area contributed by atoms with Crippen molar-refractivity contribution in [3.8, 4) is 0 Å². The Morgan fingerprint density at radius 3 is 2.44 bits per heavy atom. The largest absolute Gasteiger partial charge is 0.399 e. The van der Waals surface area contributed by atoms with Gasteiger partial charge in [-0.3, -0.25) is 0 Å². The van der Waals surface area contributed by atoms with E-state index >= 15 is 0 Å². The van der Waals surface area contributed by atoms with Gasteiger partial charge in [0.05, 0.1) is 0 Å². The molecule has 1 fully saturated rings. The molecule has 2 rings (SSSR count). The van der Waals surface area contributed by atoms with Crippen molar-refractivity contribution in [2.75, 3.05) is 18.8 Å². The lowest BCUT2D eigenvalue weighted by atomic mass is 9.97. The Balaban J connectivity index is 1.82. The zero-order chi connectivity index (χ0) is 13.0. The number of rotatable bonds is 7. The van der Waals surface area contributed by atoms with Crippen molar-refractivity contribution in [1.29, 1.82) is 0 Å². The molecule has 1 atom stereocenters. The summed E-state index contributed by atoms with van der Waals surface area (Å²) in [5.41, 5.74) is 8.00. The van der Waals surface area contributed by atoms with Crippen LogP contribution in [-0.4, -0.2) is 24.0 Å². The molecular weight excluding hydrogens is 220 g/mol. The first-order valence-corrected chi connectivity index (χ1v) is 7.30. The molecule has 18 heavy (non-hydrogen) atoms. The fourth-order valence-corrected chi connectivity index (χ4v) is 2.55. The lowest BCUT2D eigenvalue weighted by Crippen LogP contribution is -2.28. The second kappa shape index (κ2) is 6.24. The number of nitrogens with two attached hydrogens (primary N) is 1. The SMILES string of the molecule is CCCN(CCC(C)c1ccc(N)cc1)C1CC1. The fourth-order valence-electron chi connectivity index (χ4n) is 2.55. The first-order valence-electron chi connectivity index (χ1n) is 7.30. The maximum absolute atomic E-state index is 5.73. The minimum atomic E-state index is 0.628. The summed E-state index contributed by atoms with van der Waals surface area (Å²) in [5.74, 6) is 0.628. The number of hydrogen-bond acceptors (Lipinski definition) is 2. The molecule has 0 aliphatic heterocycles. The summed E-state index contributed by atoms with van der Waals surface area (Å²) in [6, 6.07) is 9.25. The lowest BCUT2D eigenvalue weighted by Gasteiger charge is -2.23. The van der Waals surface area contributed by atoms with Crippen molar-refractivity contribution < 1.29 is 0 Å². The highest BCUT2D eigenvalue weighted by atomic mass is 15.2. The number of nitrogens with zero attached hydrogens (tertiary/aromatic N) is 1. The van der Waals surface area contributed by atoms with Gasteiger partial charge in [0, 0.05) is 11.7 Å². The number of hydrogen-bond donors (Lipinski definition) is 1. The van der Waals surface area contributed by atoms with Crippen LogP contribution in [0.3, 0.4) is 0 Å². The predicted octanol–water partition coefficient (Wildman–Crippen LogP) is 3.64. The number of benzene rings is 1. The number of nitrogen functional groups attached to an aromatic ring is 1. The van der Waals surface area contributed by atoms with E-state index in [9.17, 15) is 0 Å². The van der Waals surface area contributed by atoms with Crippen LogP contribution in [0.25, 0.3) is 0 Å². The highest BCUT2D eigenvalue weighted by Crippen LogP contribution is 2.28. The molecule has 2 heteroatoms. The van der Waals surface area contributed by atoms with Crippen LogP contribution in [0.1, 0.15) is 51.0 Å². The average Bonchev–Trinajstić information content (AvgIpc) is 3.19. The second-order valence-electron chi connectivity index (χ2n) is 5.62. The molecule has 1 aromatic carbocycles. The minimum absolute atomic E-state index is 0.628. The van der Waals surface area contributed by atoms with Gasteiger partial charge in [-0.15, -0.1) is 0 Å². The van der Waals surface area contributed by atoms with Crippen molar-refractivity contribution in [1.82, 2.24) is 4.90 Å². The molecule has 1 aliphatic rings. The van der Waals surface area contributed by atoms with Gasteiger partial charge in [-0.25, -0.2) is 0 Å². The second-order valence-corrected chi connectivity index (χ2v) is 5.62. The van der Waals surface area contributed by atoms with E-state index in [0.29, 0.717) is 5.92 Å². The molecule has 1 unspecified atom stereocenters. The maximum atomic E-state index is 5.73. The summed E-state index contributed by atoms with van der Waals surface area (Å²) in [6.45, 7) is 7.10. The van der Waals surface area contributed by atoms with Crippen LogP contribution in [-0.2, 0) is 0 Å². The van der Waals surface area contributed by atoms with Crippen molar-refractivity contribution in [2.45, 2.75) is 51.5 Å². The highest BCUT2D eigenvalue weighted by Gasteiger charge is 2.28. The first-order chi connectivity index (χ1) is 8.70. The molecule has 1 saturated carbocycles. The standard InChI is InChI=1S/C16H26N2/c1-3-11-18(16-8-9-16)12-10-13(2)14-4-6-15(17)7-5-14/h4-7,13,16H,3,8-12,17H2,1-2H3. The number of anilines is 1. The van der Waals surface area contributed by atoms with Gasteiger partial charge >= 0.3 is 0 Å². The van der Waals surface area contributed by atoms with Gasteiger partial charge in [0.25, 0.3) is 0 Å². The van der Waals surface area contributed by atoms with Gasteiger partial charge in [-0.2, -0.15) is 0 Å². The van der Waals surface area contributed by atoms with Crippen LogP contribution in [0.5, 0.6) is 0 Å². The van der Waals surface area contributed by atoms with E-state index in [1.807, 2.05) is 12.1 Å². The molecule has 0 radical (unpaired) electrons. The van der Waals surface area contributed by atoms with Crippen LogP contribution in [0, 0.1) is 0 Å². The predicted molar refractivity (Wildman–Crippen MR) is 78.8 cm³/mol. The topological polar surface area (TPSA) is 29.3 Å². The Labute approximate surface area is 111 Å². The highest BCUT2D eigenvalue weighted by molar-refractivity contribution is 5.40. The van der Waals surface area contributed by atoms with Gasteiger partial charge < -0.3 is 10.6 Å². The molecule has 2 N–H and O–H groups in total. The molecule has 0 bridgehead atoms. The molecule has 0 amide bonds. The van der Waals surface area contributed by atoms with Crippen molar-refractivity contribution >= 4 is 5.69 Å². The maximum Gasteiger partial charge on any atom is 0.0314 e. The Morgan fingerprint density at radius 2 is 1.89 bits per heavy atom. The lowest BCUT2D eigenvalue weighted by molar-refractivity contribution is 0.255. The van der Waals surface area contributed by atoms with E-state index in [1.165, 1.54) is 44.3 Å². The fraction of sp³-hybridized carbons (Fsp3) is 0.625. The third-order valence-corrected chi connectivity index (χ3v) is 3.93. The third kappa shape index (κ3) is 3.74. The van der Waals surface area contributed by atoms with Crippen molar-refractivity contribution in [2.24, 2.45) is 0 Å². The third-order valence-electron chi connectivity index (χ3n) is 3.93. The molecule has 1 aliphatic carbocycles. The van der Waals surface area contributed by atoms with E-state index in [4.69, 9.17) is 5.73 Å².